The third kappa shape index (κ3) is 3.07. The van der Waals surface area contributed by atoms with Gasteiger partial charge in [-0.2, -0.15) is 4.98 Å². The van der Waals surface area contributed by atoms with Crippen LogP contribution in [0.25, 0.3) is 11.5 Å². The lowest BCUT2D eigenvalue weighted by Gasteiger charge is -2.01. The maximum Gasteiger partial charge on any atom is 0.260 e. The molecule has 3 rings (SSSR count). The first-order valence-corrected chi connectivity index (χ1v) is 7.64. The largest absolute Gasteiger partial charge is 0.398 e. The summed E-state index contributed by atoms with van der Waals surface area (Å²) in [6.45, 7) is 2.08. The Kier molecular flexibility index (Phi) is 3.92. The van der Waals surface area contributed by atoms with Gasteiger partial charge in [-0.05, 0) is 58.8 Å². The molecule has 0 fully saturated rings. The Hall–Kier alpha value is -1.89. The lowest BCUT2D eigenvalue weighted by molar-refractivity contribution is 0.424. The van der Waals surface area contributed by atoms with E-state index in [-0.39, 0.29) is 0 Å². The van der Waals surface area contributed by atoms with Crippen LogP contribution in [0.15, 0.2) is 47.0 Å². The highest BCUT2D eigenvalue weighted by atomic mass is 127. The van der Waals surface area contributed by atoms with Crippen molar-refractivity contribution < 1.29 is 4.52 Å². The summed E-state index contributed by atoms with van der Waals surface area (Å²) in [5.41, 5.74) is 9.81. The molecular formula is C16H14IN3O. The van der Waals surface area contributed by atoms with Gasteiger partial charge in [0.1, 0.15) is 0 Å². The van der Waals surface area contributed by atoms with Gasteiger partial charge in [-0.25, -0.2) is 0 Å². The Morgan fingerprint density at radius 2 is 2.00 bits per heavy atom. The minimum Gasteiger partial charge on any atom is -0.398 e. The molecule has 0 aliphatic heterocycles. The Balaban J connectivity index is 1.90. The Morgan fingerprint density at radius 3 is 2.81 bits per heavy atom. The number of aryl methyl sites for hydroxylation is 1. The zero-order valence-corrected chi connectivity index (χ0v) is 13.7. The number of nitrogens with zero attached hydrogens (tertiary/aromatic N) is 2. The second kappa shape index (κ2) is 5.85. The number of hydrogen-bond donors (Lipinski definition) is 1. The maximum atomic E-state index is 5.98. The molecule has 0 aliphatic carbocycles. The third-order valence-corrected chi connectivity index (χ3v) is 3.99. The van der Waals surface area contributed by atoms with E-state index in [2.05, 4.69) is 51.8 Å². The van der Waals surface area contributed by atoms with E-state index in [1.54, 1.807) is 0 Å². The number of hydrogen-bond acceptors (Lipinski definition) is 4. The van der Waals surface area contributed by atoms with Gasteiger partial charge in [0.25, 0.3) is 5.89 Å². The van der Waals surface area contributed by atoms with Crippen LogP contribution in [0.5, 0.6) is 0 Å². The van der Waals surface area contributed by atoms with E-state index in [1.807, 2.05) is 30.3 Å². The van der Waals surface area contributed by atoms with E-state index in [0.29, 0.717) is 23.8 Å². The molecule has 2 aromatic carbocycles. The van der Waals surface area contributed by atoms with E-state index >= 15 is 0 Å². The Bertz CT molecular complexity index is 783. The molecule has 0 spiro atoms. The summed E-state index contributed by atoms with van der Waals surface area (Å²) in [4.78, 5) is 4.46. The van der Waals surface area contributed by atoms with Gasteiger partial charge in [0, 0.05) is 15.7 Å². The summed E-state index contributed by atoms with van der Waals surface area (Å²) < 4.78 is 6.43. The van der Waals surface area contributed by atoms with Crippen molar-refractivity contribution in [3.05, 3.63) is 63.0 Å². The Labute approximate surface area is 136 Å². The van der Waals surface area contributed by atoms with Crippen LogP contribution in [0.4, 0.5) is 5.69 Å². The lowest BCUT2D eigenvalue weighted by Crippen LogP contribution is -1.94. The summed E-state index contributed by atoms with van der Waals surface area (Å²) in [5, 5.41) is 4.06. The SMILES string of the molecule is Cc1ccccc1Cc1noc(-c2cc(I)ccc2N)n1. The van der Waals surface area contributed by atoms with Crippen molar-refractivity contribution in [3.8, 4) is 11.5 Å². The summed E-state index contributed by atoms with van der Waals surface area (Å²) >= 11 is 2.23. The van der Waals surface area contributed by atoms with Gasteiger partial charge in [0.05, 0.1) is 5.56 Å². The first kappa shape index (κ1) is 14.1. The normalized spacial score (nSPS) is 10.8. The van der Waals surface area contributed by atoms with E-state index in [0.717, 1.165) is 9.13 Å². The van der Waals surface area contributed by atoms with Crippen molar-refractivity contribution in [1.29, 1.82) is 0 Å². The van der Waals surface area contributed by atoms with E-state index in [9.17, 15) is 0 Å². The molecule has 0 radical (unpaired) electrons. The fourth-order valence-electron chi connectivity index (χ4n) is 2.13. The van der Waals surface area contributed by atoms with Gasteiger partial charge >= 0.3 is 0 Å². The standard InChI is InChI=1S/C16H14IN3O/c1-10-4-2-3-5-11(10)8-15-19-16(21-20-15)13-9-12(17)6-7-14(13)18/h2-7,9H,8,18H2,1H3. The van der Waals surface area contributed by atoms with Crippen molar-refractivity contribution in [2.45, 2.75) is 13.3 Å². The number of nitrogens with two attached hydrogens (primary N) is 1. The summed E-state index contributed by atoms with van der Waals surface area (Å²) in [6, 6.07) is 13.9. The number of rotatable bonds is 3. The van der Waals surface area contributed by atoms with Crippen molar-refractivity contribution in [2.24, 2.45) is 0 Å². The van der Waals surface area contributed by atoms with Crippen molar-refractivity contribution in [2.75, 3.05) is 5.73 Å². The van der Waals surface area contributed by atoms with Crippen LogP contribution in [0.2, 0.25) is 0 Å². The second-order valence-corrected chi connectivity index (χ2v) is 6.10. The smallest absolute Gasteiger partial charge is 0.260 e. The van der Waals surface area contributed by atoms with Crippen LogP contribution >= 0.6 is 22.6 Å². The highest BCUT2D eigenvalue weighted by Crippen LogP contribution is 2.26. The van der Waals surface area contributed by atoms with Crippen LogP contribution in [0.1, 0.15) is 17.0 Å². The molecule has 0 saturated heterocycles. The zero-order valence-electron chi connectivity index (χ0n) is 11.5. The van der Waals surface area contributed by atoms with Crippen molar-refractivity contribution in [1.82, 2.24) is 10.1 Å². The number of anilines is 1. The monoisotopic (exact) mass is 391 g/mol. The molecule has 5 heteroatoms. The summed E-state index contributed by atoms with van der Waals surface area (Å²) in [7, 11) is 0. The molecule has 106 valence electrons. The topological polar surface area (TPSA) is 64.9 Å². The van der Waals surface area contributed by atoms with E-state index in [1.165, 1.54) is 11.1 Å². The first-order chi connectivity index (χ1) is 10.1. The van der Waals surface area contributed by atoms with Crippen molar-refractivity contribution in [3.63, 3.8) is 0 Å². The lowest BCUT2D eigenvalue weighted by atomic mass is 10.1. The molecule has 0 aliphatic rings. The molecule has 0 atom stereocenters. The predicted molar refractivity (Wildman–Crippen MR) is 90.8 cm³/mol. The number of aromatic nitrogens is 2. The molecule has 4 nitrogen and oxygen atoms in total. The van der Waals surface area contributed by atoms with E-state index in [4.69, 9.17) is 10.3 Å². The van der Waals surface area contributed by atoms with Crippen molar-refractivity contribution >= 4 is 28.3 Å². The summed E-state index contributed by atoms with van der Waals surface area (Å²) in [6.07, 6.45) is 0.653. The maximum absolute atomic E-state index is 5.98. The fourth-order valence-corrected chi connectivity index (χ4v) is 2.62. The number of benzene rings is 2. The fraction of sp³-hybridized carbons (Fsp3) is 0.125. The van der Waals surface area contributed by atoms with Gasteiger partial charge in [-0.15, -0.1) is 0 Å². The highest BCUT2D eigenvalue weighted by molar-refractivity contribution is 14.1. The molecule has 2 N–H and O–H groups in total. The first-order valence-electron chi connectivity index (χ1n) is 6.56. The zero-order chi connectivity index (χ0) is 14.8. The highest BCUT2D eigenvalue weighted by Gasteiger charge is 2.13. The van der Waals surface area contributed by atoms with Crippen LogP contribution in [0.3, 0.4) is 0 Å². The van der Waals surface area contributed by atoms with Gasteiger partial charge in [0.2, 0.25) is 0 Å². The average Bonchev–Trinajstić information content (AvgIpc) is 2.92. The molecule has 1 heterocycles. The van der Waals surface area contributed by atoms with Gasteiger partial charge in [0.15, 0.2) is 5.82 Å². The second-order valence-electron chi connectivity index (χ2n) is 4.85. The summed E-state index contributed by atoms with van der Waals surface area (Å²) in [5.74, 6) is 1.13. The molecule has 0 bridgehead atoms. The predicted octanol–water partition coefficient (Wildman–Crippen LogP) is 3.82. The molecule has 1 aromatic heterocycles. The van der Waals surface area contributed by atoms with E-state index < -0.39 is 0 Å². The van der Waals surface area contributed by atoms with Gasteiger partial charge in [-0.3, -0.25) is 0 Å². The molecule has 3 aromatic rings. The Morgan fingerprint density at radius 1 is 1.19 bits per heavy atom. The molecule has 0 unspecified atom stereocenters. The number of nitrogen functional groups attached to an aromatic ring is 1. The molecule has 0 saturated carbocycles. The minimum absolute atomic E-state index is 0.467. The van der Waals surface area contributed by atoms with Crippen LogP contribution < -0.4 is 5.73 Å². The molecule has 0 amide bonds. The van der Waals surface area contributed by atoms with Gasteiger partial charge in [-0.1, -0.05) is 29.4 Å². The van der Waals surface area contributed by atoms with Crippen LogP contribution in [-0.2, 0) is 6.42 Å². The quantitative estimate of drug-likeness (QED) is 0.545. The average molecular weight is 391 g/mol. The third-order valence-electron chi connectivity index (χ3n) is 3.32. The van der Waals surface area contributed by atoms with Gasteiger partial charge < -0.3 is 10.3 Å². The molecular weight excluding hydrogens is 377 g/mol. The van der Waals surface area contributed by atoms with Crippen LogP contribution in [-0.4, -0.2) is 10.1 Å². The minimum atomic E-state index is 0.467. The number of halogens is 1. The van der Waals surface area contributed by atoms with Crippen LogP contribution in [0, 0.1) is 10.5 Å². The molecule has 21 heavy (non-hydrogen) atoms.